The number of thiazole rings is 1. The molecule has 174 valence electrons. The van der Waals surface area contributed by atoms with Gasteiger partial charge in [-0.25, -0.2) is 9.78 Å². The van der Waals surface area contributed by atoms with Crippen molar-refractivity contribution in [3.63, 3.8) is 0 Å². The molecule has 0 saturated carbocycles. The van der Waals surface area contributed by atoms with Gasteiger partial charge >= 0.3 is 11.9 Å². The van der Waals surface area contributed by atoms with E-state index < -0.39 is 40.3 Å². The highest BCUT2D eigenvalue weighted by atomic mass is 35.5. The number of carbonyl (C=O) groups is 1. The number of carbonyl (C=O) groups excluding carboxylic acids is 1. The van der Waals surface area contributed by atoms with Gasteiger partial charge in [-0.15, -0.1) is 24.0 Å². The molecule has 0 radical (unpaired) electrons. The normalized spacial score (nSPS) is 11.5. The van der Waals surface area contributed by atoms with E-state index >= 15 is 0 Å². The summed E-state index contributed by atoms with van der Waals surface area (Å²) < 4.78 is 40.5. The van der Waals surface area contributed by atoms with Crippen molar-refractivity contribution in [1.82, 2.24) is 14.1 Å². The molecule has 33 heavy (non-hydrogen) atoms. The Bertz CT molecular complexity index is 1390. The van der Waals surface area contributed by atoms with Gasteiger partial charge in [0.05, 0.1) is 39.0 Å². The zero-order chi connectivity index (χ0) is 24.7. The number of thiol groups is 1. The summed E-state index contributed by atoms with van der Waals surface area (Å²) in [6.07, 6.45) is -5.08. The summed E-state index contributed by atoms with van der Waals surface area (Å²) in [7, 11) is 2.63. The topological polar surface area (TPSA) is 110 Å². The Labute approximate surface area is 198 Å². The molecule has 0 spiro atoms. The number of benzene rings is 1. The molecule has 0 fully saturated rings. The summed E-state index contributed by atoms with van der Waals surface area (Å²) in [5, 5.41) is 11.8. The monoisotopic (exact) mass is 517 g/mol. The Morgan fingerprint density at radius 3 is 2.55 bits per heavy atom. The Hall–Kier alpha value is -2.90. The first-order chi connectivity index (χ1) is 15.3. The lowest BCUT2D eigenvalue weighted by Crippen LogP contribution is -2.41. The van der Waals surface area contributed by atoms with Crippen LogP contribution in [0.1, 0.15) is 17.5 Å². The summed E-state index contributed by atoms with van der Waals surface area (Å²) in [4.78, 5) is 40.8. The molecule has 14 heteroatoms. The van der Waals surface area contributed by atoms with E-state index in [0.717, 1.165) is 32.6 Å². The maximum Gasteiger partial charge on any atom is 0.417 e. The molecular weight excluding hydrogens is 503 g/mol. The van der Waals surface area contributed by atoms with Crippen LogP contribution in [0.15, 0.2) is 38.2 Å². The second-order valence-electron chi connectivity index (χ2n) is 6.84. The molecule has 2 heterocycles. The van der Waals surface area contributed by atoms with Crippen molar-refractivity contribution in [1.29, 1.82) is 5.41 Å². The van der Waals surface area contributed by atoms with Gasteiger partial charge in [-0.1, -0.05) is 17.7 Å². The largest absolute Gasteiger partial charge is 0.417 e. The van der Waals surface area contributed by atoms with Crippen LogP contribution in [0.25, 0.3) is 11.3 Å². The van der Waals surface area contributed by atoms with Gasteiger partial charge in [-0.05, 0) is 12.1 Å². The van der Waals surface area contributed by atoms with E-state index in [0.29, 0.717) is 11.3 Å². The summed E-state index contributed by atoms with van der Waals surface area (Å²) in [5.41, 5.74) is -2.25. The van der Waals surface area contributed by atoms with Gasteiger partial charge in [-0.2, -0.15) is 13.2 Å². The van der Waals surface area contributed by atoms with Crippen LogP contribution in [0.3, 0.4) is 0 Å². The van der Waals surface area contributed by atoms with Gasteiger partial charge in [0.25, 0.3) is 5.56 Å². The molecule has 3 rings (SSSR count). The predicted octanol–water partition coefficient (Wildman–Crippen LogP) is 3.57. The van der Waals surface area contributed by atoms with Crippen LogP contribution in [0.2, 0.25) is 5.02 Å². The third-order valence-corrected chi connectivity index (χ3v) is 6.19. The van der Waals surface area contributed by atoms with Crippen LogP contribution < -0.4 is 16.6 Å². The number of hydrogen-bond acceptors (Lipinski definition) is 7. The molecular formula is C19H15ClF3N5O3S2. The van der Waals surface area contributed by atoms with Crippen molar-refractivity contribution in [3.8, 4) is 11.3 Å². The minimum Gasteiger partial charge on any atom is -0.304 e. The van der Waals surface area contributed by atoms with Crippen molar-refractivity contribution in [2.45, 2.75) is 17.6 Å². The number of nitrogens with zero attached hydrogens (tertiary/aromatic N) is 3. The zero-order valence-electron chi connectivity index (χ0n) is 17.0. The molecule has 0 atom stereocenters. The molecule has 2 N–H and O–H groups in total. The Morgan fingerprint density at radius 1 is 1.27 bits per heavy atom. The van der Waals surface area contributed by atoms with E-state index in [4.69, 9.17) is 17.0 Å². The Kier molecular flexibility index (Phi) is 6.86. The van der Waals surface area contributed by atoms with Crippen LogP contribution >= 0.6 is 35.6 Å². The fourth-order valence-electron chi connectivity index (χ4n) is 2.88. The highest BCUT2D eigenvalue weighted by Gasteiger charge is 2.33. The van der Waals surface area contributed by atoms with Gasteiger partial charge in [0.15, 0.2) is 5.13 Å². The number of rotatable bonds is 5. The van der Waals surface area contributed by atoms with Gasteiger partial charge in [-0.3, -0.25) is 18.7 Å². The zero-order valence-corrected chi connectivity index (χ0v) is 19.4. The molecule has 2 aromatic heterocycles. The minimum absolute atomic E-state index is 0.0448. The number of aromatic nitrogens is 3. The first-order valence-electron chi connectivity index (χ1n) is 9.00. The second-order valence-corrected chi connectivity index (χ2v) is 8.53. The fraction of sp³-hybridized carbons (Fsp3) is 0.211. The van der Waals surface area contributed by atoms with Crippen LogP contribution in [-0.2, 0) is 25.1 Å². The van der Waals surface area contributed by atoms with Gasteiger partial charge in [0.2, 0.25) is 5.91 Å². The Balaban J connectivity index is 1.76. The van der Waals surface area contributed by atoms with Crippen molar-refractivity contribution < 1.29 is 18.0 Å². The molecule has 0 bridgehead atoms. The summed E-state index contributed by atoms with van der Waals surface area (Å²) in [5.74, 6) is -0.657. The van der Waals surface area contributed by atoms with E-state index in [-0.39, 0.29) is 21.4 Å². The molecule has 1 amide bonds. The van der Waals surface area contributed by atoms with Gasteiger partial charge in [0.1, 0.15) is 0 Å². The molecule has 0 saturated heterocycles. The van der Waals surface area contributed by atoms with Crippen molar-refractivity contribution in [3.05, 3.63) is 60.6 Å². The molecule has 0 aliphatic rings. The summed E-state index contributed by atoms with van der Waals surface area (Å²) >= 11 is 10.9. The standard InChI is InChI=1S/C19H15ClF3N5O3S2/c1-27-15(30)14(16(32)28(2)18(27)31)11(24)6-13(29)26-17-25-12(7-33-17)8-3-4-9(10(20)5-8)19(21,22)23/h3-5,7,24,32H,6H2,1-2H3,(H,25,26,29). The number of nitrogens with one attached hydrogen (secondary N) is 2. The summed E-state index contributed by atoms with van der Waals surface area (Å²) in [6, 6.07) is 3.19. The lowest BCUT2D eigenvalue weighted by Gasteiger charge is -2.11. The van der Waals surface area contributed by atoms with Crippen molar-refractivity contribution in [2.75, 3.05) is 5.32 Å². The van der Waals surface area contributed by atoms with Crippen molar-refractivity contribution in [2.24, 2.45) is 14.1 Å². The van der Waals surface area contributed by atoms with Gasteiger partial charge < -0.3 is 10.7 Å². The highest BCUT2D eigenvalue weighted by Crippen LogP contribution is 2.37. The second kappa shape index (κ2) is 9.15. The fourth-order valence-corrected chi connectivity index (χ4v) is 4.22. The molecule has 3 aromatic rings. The van der Waals surface area contributed by atoms with Crippen LogP contribution in [-0.4, -0.2) is 25.7 Å². The number of halogens is 4. The molecule has 0 unspecified atom stereocenters. The molecule has 8 nitrogen and oxygen atoms in total. The first-order valence-corrected chi connectivity index (χ1v) is 10.7. The lowest BCUT2D eigenvalue weighted by molar-refractivity contribution is -0.137. The first kappa shape index (κ1) is 24.7. The van der Waals surface area contributed by atoms with Gasteiger partial charge in [0, 0.05) is 25.0 Å². The number of alkyl halides is 3. The average molecular weight is 518 g/mol. The van der Waals surface area contributed by atoms with Crippen LogP contribution in [0.5, 0.6) is 0 Å². The molecule has 0 aliphatic carbocycles. The van der Waals surface area contributed by atoms with Crippen molar-refractivity contribution >= 4 is 52.3 Å². The number of anilines is 1. The maximum atomic E-state index is 12.9. The van der Waals surface area contributed by atoms with E-state index in [1.54, 1.807) is 0 Å². The van der Waals surface area contributed by atoms with E-state index in [1.165, 1.54) is 25.5 Å². The van der Waals surface area contributed by atoms with E-state index in [2.05, 4.69) is 22.9 Å². The molecule has 0 aliphatic heterocycles. The summed E-state index contributed by atoms with van der Waals surface area (Å²) in [6.45, 7) is 0. The quantitative estimate of drug-likeness (QED) is 0.273. The number of hydrogen-bond donors (Lipinski definition) is 3. The molecule has 1 aromatic carbocycles. The third kappa shape index (κ3) is 5.04. The number of amides is 1. The lowest BCUT2D eigenvalue weighted by atomic mass is 10.1. The maximum absolute atomic E-state index is 12.9. The smallest absolute Gasteiger partial charge is 0.304 e. The Morgan fingerprint density at radius 2 is 1.94 bits per heavy atom. The average Bonchev–Trinajstić information content (AvgIpc) is 3.18. The van der Waals surface area contributed by atoms with E-state index in [1.807, 2.05) is 0 Å². The minimum atomic E-state index is -4.58. The van der Waals surface area contributed by atoms with E-state index in [9.17, 15) is 27.6 Å². The highest BCUT2D eigenvalue weighted by molar-refractivity contribution is 7.80. The van der Waals surface area contributed by atoms with Crippen LogP contribution in [0, 0.1) is 5.41 Å². The SMILES string of the molecule is Cn1c(S)c(C(=N)CC(=O)Nc2nc(-c3ccc(C(F)(F)F)c(Cl)c3)cs2)c(=O)n(C)c1=O. The third-order valence-electron chi connectivity index (χ3n) is 4.59. The van der Waals surface area contributed by atoms with Crippen LogP contribution in [0.4, 0.5) is 18.3 Å². The predicted molar refractivity (Wildman–Crippen MR) is 122 cm³/mol.